The van der Waals surface area contributed by atoms with E-state index in [-0.39, 0.29) is 12.5 Å². The van der Waals surface area contributed by atoms with Gasteiger partial charge in [0.25, 0.3) is 0 Å². The Morgan fingerprint density at radius 1 is 1.61 bits per heavy atom. The molecule has 7 nitrogen and oxygen atoms in total. The zero-order chi connectivity index (χ0) is 13.3. The van der Waals surface area contributed by atoms with Crippen LogP contribution in [-0.2, 0) is 23.1 Å². The molecule has 1 atom stereocenters. The Bertz CT molecular complexity index is 480. The zero-order valence-electron chi connectivity index (χ0n) is 10.4. The quantitative estimate of drug-likeness (QED) is 0.703. The first kappa shape index (κ1) is 12.5. The molecule has 1 heterocycles. The van der Waals surface area contributed by atoms with Gasteiger partial charge in [0.1, 0.15) is 5.41 Å². The average Bonchev–Trinajstić information content (AvgIpc) is 3.01. The molecule has 1 fully saturated rings. The first-order chi connectivity index (χ1) is 8.41. The number of aromatic nitrogens is 3. The maximum absolute atomic E-state index is 12.0. The molecule has 2 rings (SSSR count). The Morgan fingerprint density at radius 3 is 2.72 bits per heavy atom. The highest BCUT2D eigenvalue weighted by molar-refractivity contribution is 6.01. The summed E-state index contributed by atoms with van der Waals surface area (Å²) < 4.78 is 1.48. The third-order valence-electron chi connectivity index (χ3n) is 3.07. The summed E-state index contributed by atoms with van der Waals surface area (Å²) in [6.45, 7) is 1.42. The Labute approximate surface area is 104 Å². The van der Waals surface area contributed by atoms with Gasteiger partial charge in [0.15, 0.2) is 0 Å². The van der Waals surface area contributed by atoms with E-state index in [9.17, 15) is 14.7 Å². The summed E-state index contributed by atoms with van der Waals surface area (Å²) in [5.74, 6) is -1.60. The van der Waals surface area contributed by atoms with Gasteiger partial charge < -0.3 is 10.4 Å². The number of nitrogens with one attached hydrogen (secondary N) is 1. The van der Waals surface area contributed by atoms with Crippen molar-refractivity contribution in [3.8, 4) is 0 Å². The molecule has 1 saturated carbocycles. The van der Waals surface area contributed by atoms with Crippen molar-refractivity contribution < 1.29 is 14.7 Å². The van der Waals surface area contributed by atoms with E-state index >= 15 is 0 Å². The van der Waals surface area contributed by atoms with Crippen LogP contribution in [-0.4, -0.2) is 38.0 Å². The van der Waals surface area contributed by atoms with Gasteiger partial charge in [-0.2, -0.15) is 0 Å². The molecule has 0 bridgehead atoms. The molecule has 0 aliphatic heterocycles. The van der Waals surface area contributed by atoms with Crippen molar-refractivity contribution in [1.82, 2.24) is 20.3 Å². The first-order valence-corrected chi connectivity index (χ1v) is 5.81. The van der Waals surface area contributed by atoms with Gasteiger partial charge in [0.05, 0.1) is 5.69 Å². The lowest BCUT2D eigenvalue weighted by Crippen LogP contribution is -2.46. The molecule has 1 aliphatic rings. The van der Waals surface area contributed by atoms with Gasteiger partial charge in [-0.25, -0.2) is 0 Å². The molecule has 0 spiro atoms. The molecule has 0 radical (unpaired) electrons. The number of hydrogen-bond acceptors (Lipinski definition) is 4. The second kappa shape index (κ2) is 4.40. The van der Waals surface area contributed by atoms with Gasteiger partial charge in [-0.15, -0.1) is 5.10 Å². The molecule has 1 aromatic rings. The largest absolute Gasteiger partial charge is 0.480 e. The number of aryl methyl sites for hydroxylation is 1. The summed E-state index contributed by atoms with van der Waals surface area (Å²) in [6, 6.07) is 0.137. The Balaban J connectivity index is 2.14. The minimum absolute atomic E-state index is 0.0364. The predicted molar refractivity (Wildman–Crippen MR) is 61.6 cm³/mol. The summed E-state index contributed by atoms with van der Waals surface area (Å²) in [4.78, 5) is 23.4. The van der Waals surface area contributed by atoms with E-state index in [0.29, 0.717) is 5.69 Å². The summed E-state index contributed by atoms with van der Waals surface area (Å²) >= 11 is 0. The van der Waals surface area contributed by atoms with Crippen LogP contribution in [0.2, 0.25) is 0 Å². The highest BCUT2D eigenvalue weighted by atomic mass is 16.4. The number of rotatable bonds is 5. The van der Waals surface area contributed by atoms with E-state index in [1.54, 1.807) is 13.2 Å². The van der Waals surface area contributed by atoms with Gasteiger partial charge in [-0.3, -0.25) is 14.3 Å². The van der Waals surface area contributed by atoms with Crippen molar-refractivity contribution in [1.29, 1.82) is 0 Å². The summed E-state index contributed by atoms with van der Waals surface area (Å²) in [5.41, 5.74) is -1.01. The number of carboxylic acid groups (broad SMARTS) is 1. The zero-order valence-corrected chi connectivity index (χ0v) is 10.4. The number of hydrogen-bond donors (Lipinski definition) is 2. The molecule has 0 saturated heterocycles. The predicted octanol–water partition coefficient (Wildman–Crippen LogP) is -0.273. The van der Waals surface area contributed by atoms with E-state index < -0.39 is 17.3 Å². The lowest BCUT2D eigenvalue weighted by molar-refractivity contribution is -0.154. The van der Waals surface area contributed by atoms with Crippen molar-refractivity contribution in [2.45, 2.75) is 32.2 Å². The van der Waals surface area contributed by atoms with Gasteiger partial charge in [-0.1, -0.05) is 5.21 Å². The Hall–Kier alpha value is -1.92. The fourth-order valence-corrected chi connectivity index (χ4v) is 1.66. The normalized spacial score (nSPS) is 18.1. The third-order valence-corrected chi connectivity index (χ3v) is 3.07. The molecule has 98 valence electrons. The van der Waals surface area contributed by atoms with Crippen LogP contribution in [0.15, 0.2) is 6.20 Å². The molecule has 1 amide bonds. The highest BCUT2D eigenvalue weighted by Crippen LogP contribution is 2.26. The smallest absolute Gasteiger partial charge is 0.319 e. The van der Waals surface area contributed by atoms with Gasteiger partial charge in [0.2, 0.25) is 5.91 Å². The standard InChI is InChI=1S/C11H16N4O3/c1-11(10(17)18,9(16)12-7-3-4-7)5-8-6-15(2)14-13-8/h6-7H,3-5H2,1-2H3,(H,12,16)(H,17,18). The second-order valence-electron chi connectivity index (χ2n) is 4.95. The second-order valence-corrected chi connectivity index (χ2v) is 4.95. The van der Waals surface area contributed by atoms with E-state index in [2.05, 4.69) is 15.6 Å². The minimum atomic E-state index is -1.50. The first-order valence-electron chi connectivity index (χ1n) is 5.81. The van der Waals surface area contributed by atoms with Crippen molar-refractivity contribution >= 4 is 11.9 Å². The number of amides is 1. The van der Waals surface area contributed by atoms with Crippen molar-refractivity contribution in [2.75, 3.05) is 0 Å². The fraction of sp³-hybridized carbons (Fsp3) is 0.636. The molecular formula is C11H16N4O3. The third kappa shape index (κ3) is 2.49. The lowest BCUT2D eigenvalue weighted by atomic mass is 9.84. The highest BCUT2D eigenvalue weighted by Gasteiger charge is 2.44. The number of nitrogens with zero attached hydrogens (tertiary/aromatic N) is 3. The van der Waals surface area contributed by atoms with Gasteiger partial charge >= 0.3 is 5.97 Å². The van der Waals surface area contributed by atoms with E-state index in [1.807, 2.05) is 0 Å². The topological polar surface area (TPSA) is 97.1 Å². The Morgan fingerprint density at radius 2 is 2.28 bits per heavy atom. The van der Waals surface area contributed by atoms with Crippen LogP contribution in [0.5, 0.6) is 0 Å². The maximum atomic E-state index is 12.0. The summed E-state index contributed by atoms with van der Waals surface area (Å²) in [6.07, 6.45) is 3.50. The monoisotopic (exact) mass is 252 g/mol. The van der Waals surface area contributed by atoms with Crippen LogP contribution in [0, 0.1) is 5.41 Å². The SMILES string of the molecule is Cn1cc(CC(C)(C(=O)O)C(=O)NC2CC2)nn1. The fourth-order valence-electron chi connectivity index (χ4n) is 1.66. The molecule has 2 N–H and O–H groups in total. The van der Waals surface area contributed by atoms with Crippen molar-refractivity contribution in [3.63, 3.8) is 0 Å². The van der Waals surface area contributed by atoms with E-state index in [4.69, 9.17) is 0 Å². The number of carbonyl (C=O) groups is 2. The van der Waals surface area contributed by atoms with Crippen molar-refractivity contribution in [3.05, 3.63) is 11.9 Å². The van der Waals surface area contributed by atoms with E-state index in [0.717, 1.165) is 12.8 Å². The molecule has 1 aliphatic carbocycles. The summed E-state index contributed by atoms with van der Waals surface area (Å²) in [7, 11) is 1.69. The lowest BCUT2D eigenvalue weighted by Gasteiger charge is -2.22. The maximum Gasteiger partial charge on any atom is 0.319 e. The van der Waals surface area contributed by atoms with E-state index in [1.165, 1.54) is 11.6 Å². The van der Waals surface area contributed by atoms with Crippen LogP contribution in [0.1, 0.15) is 25.5 Å². The summed E-state index contributed by atoms with van der Waals surface area (Å²) in [5, 5.41) is 19.6. The van der Waals surface area contributed by atoms with Crippen LogP contribution < -0.4 is 5.32 Å². The number of aliphatic carboxylic acids is 1. The van der Waals surface area contributed by atoms with Crippen molar-refractivity contribution in [2.24, 2.45) is 12.5 Å². The van der Waals surface area contributed by atoms with Crippen LogP contribution in [0.3, 0.4) is 0 Å². The number of carbonyl (C=O) groups excluding carboxylic acids is 1. The molecule has 1 aromatic heterocycles. The molecule has 0 aromatic carbocycles. The number of carboxylic acids is 1. The minimum Gasteiger partial charge on any atom is -0.480 e. The van der Waals surface area contributed by atoms with Gasteiger partial charge in [-0.05, 0) is 19.8 Å². The van der Waals surface area contributed by atoms with Crippen LogP contribution in [0.25, 0.3) is 0 Å². The van der Waals surface area contributed by atoms with Crippen LogP contribution in [0.4, 0.5) is 0 Å². The molecule has 1 unspecified atom stereocenters. The van der Waals surface area contributed by atoms with Crippen LogP contribution >= 0.6 is 0 Å². The molecule has 7 heteroatoms. The van der Waals surface area contributed by atoms with Gasteiger partial charge in [0, 0.05) is 25.7 Å². The molecule has 18 heavy (non-hydrogen) atoms. The average molecular weight is 252 g/mol. The Kier molecular flexibility index (Phi) is 3.06. The molecular weight excluding hydrogens is 236 g/mol.